The van der Waals surface area contributed by atoms with E-state index in [9.17, 15) is 19.3 Å². The van der Waals surface area contributed by atoms with Crippen molar-refractivity contribution in [1.82, 2.24) is 5.32 Å². The van der Waals surface area contributed by atoms with Crippen LogP contribution < -0.4 is 5.32 Å². The van der Waals surface area contributed by atoms with Gasteiger partial charge in [-0.1, -0.05) is 12.1 Å². The van der Waals surface area contributed by atoms with Gasteiger partial charge in [-0.2, -0.15) is 0 Å². The van der Waals surface area contributed by atoms with Gasteiger partial charge in [-0.05, 0) is 36.2 Å². The zero-order valence-corrected chi connectivity index (χ0v) is 11.1. The Kier molecular flexibility index (Phi) is 4.61. The summed E-state index contributed by atoms with van der Waals surface area (Å²) >= 11 is 0. The van der Waals surface area contributed by atoms with Gasteiger partial charge in [0.1, 0.15) is 5.82 Å². The Hall–Kier alpha value is -2.76. The second-order valence-electron chi connectivity index (χ2n) is 4.44. The number of nitrogens with one attached hydrogen (secondary N) is 1. The van der Waals surface area contributed by atoms with Crippen LogP contribution in [0, 0.1) is 15.9 Å². The van der Waals surface area contributed by atoms with E-state index in [1.807, 2.05) is 0 Å². The predicted octanol–water partition coefficient (Wildman–Crippen LogP) is 2.71. The molecule has 0 aliphatic rings. The number of non-ortho nitro benzene ring substituents is 1. The lowest BCUT2D eigenvalue weighted by Gasteiger charge is -2.05. The Balaban J connectivity index is 1.88. The van der Waals surface area contributed by atoms with Crippen molar-refractivity contribution in [2.24, 2.45) is 0 Å². The summed E-state index contributed by atoms with van der Waals surface area (Å²) in [5, 5.41) is 13.2. The van der Waals surface area contributed by atoms with Gasteiger partial charge in [0.2, 0.25) is 0 Å². The van der Waals surface area contributed by atoms with Crippen LogP contribution in [0.2, 0.25) is 0 Å². The maximum atomic E-state index is 13.0. The van der Waals surface area contributed by atoms with Crippen LogP contribution in [-0.4, -0.2) is 17.4 Å². The average molecular weight is 288 g/mol. The molecular formula is C15H13FN2O3. The molecule has 0 radical (unpaired) electrons. The predicted molar refractivity (Wildman–Crippen MR) is 75.5 cm³/mol. The number of carbonyl (C=O) groups is 1. The van der Waals surface area contributed by atoms with Gasteiger partial charge in [0, 0.05) is 24.2 Å². The maximum absolute atomic E-state index is 13.0. The topological polar surface area (TPSA) is 72.2 Å². The summed E-state index contributed by atoms with van der Waals surface area (Å²) in [5.41, 5.74) is 1.07. The van der Waals surface area contributed by atoms with E-state index in [0.29, 0.717) is 18.5 Å². The largest absolute Gasteiger partial charge is 0.352 e. The summed E-state index contributed by atoms with van der Waals surface area (Å²) in [6, 6.07) is 11.5. The minimum Gasteiger partial charge on any atom is -0.352 e. The number of hydrogen-bond donors (Lipinski definition) is 1. The Morgan fingerprint density at radius 3 is 2.52 bits per heavy atom. The first-order valence-electron chi connectivity index (χ1n) is 6.33. The zero-order valence-electron chi connectivity index (χ0n) is 11.1. The summed E-state index contributed by atoms with van der Waals surface area (Å²) < 4.78 is 13.0. The number of halogens is 1. The average Bonchev–Trinajstić information content (AvgIpc) is 2.47. The maximum Gasteiger partial charge on any atom is 0.269 e. The van der Waals surface area contributed by atoms with Crippen LogP contribution >= 0.6 is 0 Å². The fourth-order valence-electron chi connectivity index (χ4n) is 1.85. The first-order chi connectivity index (χ1) is 10.1. The third-order valence-corrected chi connectivity index (χ3v) is 2.93. The fourth-order valence-corrected chi connectivity index (χ4v) is 1.85. The number of benzene rings is 2. The van der Waals surface area contributed by atoms with Crippen LogP contribution in [-0.2, 0) is 6.42 Å². The minimum absolute atomic E-state index is 0.0636. The van der Waals surface area contributed by atoms with E-state index >= 15 is 0 Å². The van der Waals surface area contributed by atoms with Gasteiger partial charge in [0.25, 0.3) is 11.6 Å². The number of amides is 1. The normalized spacial score (nSPS) is 10.1. The lowest BCUT2D eigenvalue weighted by atomic mass is 10.1. The molecule has 1 N–H and O–H groups in total. The molecule has 6 heteroatoms. The lowest BCUT2D eigenvalue weighted by Crippen LogP contribution is -2.25. The van der Waals surface area contributed by atoms with Crippen molar-refractivity contribution in [2.45, 2.75) is 6.42 Å². The second kappa shape index (κ2) is 6.60. The van der Waals surface area contributed by atoms with Crippen molar-refractivity contribution < 1.29 is 14.1 Å². The zero-order chi connectivity index (χ0) is 15.2. The van der Waals surface area contributed by atoms with Crippen LogP contribution in [0.3, 0.4) is 0 Å². The fraction of sp³-hybridized carbons (Fsp3) is 0.133. The molecule has 108 valence electrons. The molecule has 5 nitrogen and oxygen atoms in total. The van der Waals surface area contributed by atoms with E-state index in [1.54, 1.807) is 12.1 Å². The highest BCUT2D eigenvalue weighted by Gasteiger charge is 2.08. The van der Waals surface area contributed by atoms with Gasteiger partial charge in [0.15, 0.2) is 0 Å². The van der Waals surface area contributed by atoms with Crippen molar-refractivity contribution >= 4 is 11.6 Å². The van der Waals surface area contributed by atoms with Crippen molar-refractivity contribution in [3.63, 3.8) is 0 Å². The van der Waals surface area contributed by atoms with Crippen LogP contribution in [0.5, 0.6) is 0 Å². The Morgan fingerprint density at radius 2 is 1.90 bits per heavy atom. The molecule has 0 fully saturated rings. The van der Waals surface area contributed by atoms with Crippen molar-refractivity contribution in [3.05, 3.63) is 75.6 Å². The Labute approximate surface area is 120 Å². The van der Waals surface area contributed by atoms with Gasteiger partial charge in [-0.15, -0.1) is 0 Å². The van der Waals surface area contributed by atoms with E-state index in [-0.39, 0.29) is 17.4 Å². The summed E-state index contributed by atoms with van der Waals surface area (Å²) in [5.74, 6) is -0.629. The van der Waals surface area contributed by atoms with Crippen molar-refractivity contribution in [2.75, 3.05) is 6.54 Å². The molecule has 2 rings (SSSR count). The van der Waals surface area contributed by atoms with E-state index < -0.39 is 4.92 Å². The molecule has 0 unspecified atom stereocenters. The lowest BCUT2D eigenvalue weighted by molar-refractivity contribution is -0.384. The molecule has 0 aromatic heterocycles. The number of rotatable bonds is 5. The molecule has 1 amide bonds. The molecule has 0 saturated heterocycles. The van der Waals surface area contributed by atoms with Crippen LogP contribution in [0.1, 0.15) is 15.9 Å². The molecule has 0 bridgehead atoms. The molecule has 0 aliphatic heterocycles. The Bertz CT molecular complexity index is 656. The first kappa shape index (κ1) is 14.6. The Morgan fingerprint density at radius 1 is 1.19 bits per heavy atom. The number of carbonyl (C=O) groups excluding carboxylic acids is 1. The van der Waals surface area contributed by atoms with Gasteiger partial charge in [-0.3, -0.25) is 14.9 Å². The van der Waals surface area contributed by atoms with E-state index in [1.165, 1.54) is 36.4 Å². The number of hydrogen-bond acceptors (Lipinski definition) is 3. The molecule has 0 aliphatic carbocycles. The SMILES string of the molecule is O=C(NCCc1cccc(F)c1)c1ccc([N+](=O)[O-])cc1. The molecular weight excluding hydrogens is 275 g/mol. The van der Waals surface area contributed by atoms with Gasteiger partial charge in [0.05, 0.1) is 4.92 Å². The highest BCUT2D eigenvalue weighted by molar-refractivity contribution is 5.94. The van der Waals surface area contributed by atoms with Gasteiger partial charge in [-0.25, -0.2) is 4.39 Å². The standard InChI is InChI=1S/C15H13FN2O3/c16-13-3-1-2-11(10-13)8-9-17-15(19)12-4-6-14(7-5-12)18(20)21/h1-7,10H,8-9H2,(H,17,19). The summed E-state index contributed by atoms with van der Waals surface area (Å²) in [6.07, 6.45) is 0.510. The van der Waals surface area contributed by atoms with Gasteiger partial charge >= 0.3 is 0 Å². The minimum atomic E-state index is -0.522. The smallest absolute Gasteiger partial charge is 0.269 e. The monoisotopic (exact) mass is 288 g/mol. The highest BCUT2D eigenvalue weighted by atomic mass is 19.1. The van der Waals surface area contributed by atoms with Crippen LogP contribution in [0.4, 0.5) is 10.1 Å². The highest BCUT2D eigenvalue weighted by Crippen LogP contribution is 2.11. The van der Waals surface area contributed by atoms with Crippen LogP contribution in [0.25, 0.3) is 0 Å². The molecule has 0 heterocycles. The van der Waals surface area contributed by atoms with E-state index in [2.05, 4.69) is 5.32 Å². The molecule has 0 spiro atoms. The van der Waals surface area contributed by atoms with Crippen molar-refractivity contribution in [1.29, 1.82) is 0 Å². The third kappa shape index (κ3) is 4.10. The van der Waals surface area contributed by atoms with Crippen LogP contribution in [0.15, 0.2) is 48.5 Å². The van der Waals surface area contributed by atoms with Gasteiger partial charge < -0.3 is 5.32 Å². The number of nitrogens with zero attached hydrogens (tertiary/aromatic N) is 1. The number of nitro groups is 1. The molecule has 0 atom stereocenters. The summed E-state index contributed by atoms with van der Waals surface area (Å²) in [4.78, 5) is 21.8. The molecule has 2 aromatic rings. The quantitative estimate of drug-likeness (QED) is 0.679. The second-order valence-corrected chi connectivity index (χ2v) is 4.44. The molecule has 21 heavy (non-hydrogen) atoms. The third-order valence-electron chi connectivity index (χ3n) is 2.93. The number of nitro benzene ring substituents is 1. The first-order valence-corrected chi connectivity index (χ1v) is 6.33. The summed E-state index contributed by atoms with van der Waals surface area (Å²) in [7, 11) is 0. The molecule has 0 saturated carbocycles. The van der Waals surface area contributed by atoms with Crippen molar-refractivity contribution in [3.8, 4) is 0 Å². The van der Waals surface area contributed by atoms with E-state index in [4.69, 9.17) is 0 Å². The van der Waals surface area contributed by atoms with E-state index in [0.717, 1.165) is 5.56 Å². The molecule has 2 aromatic carbocycles. The summed E-state index contributed by atoms with van der Waals surface area (Å²) in [6.45, 7) is 0.360.